The molecule has 224 valence electrons. The summed E-state index contributed by atoms with van der Waals surface area (Å²) in [5.41, 5.74) is -2.00. The Bertz CT molecular complexity index is 1380. The highest BCUT2D eigenvalue weighted by Crippen LogP contribution is 2.67. The van der Waals surface area contributed by atoms with Crippen molar-refractivity contribution in [2.24, 2.45) is 4.99 Å². The van der Waals surface area contributed by atoms with Crippen LogP contribution in [0.3, 0.4) is 0 Å². The number of anilines is 1. The van der Waals surface area contributed by atoms with Gasteiger partial charge in [-0.15, -0.1) is 0 Å². The van der Waals surface area contributed by atoms with E-state index < -0.39 is 62.8 Å². The lowest BCUT2D eigenvalue weighted by Gasteiger charge is -2.56. The van der Waals surface area contributed by atoms with Crippen molar-refractivity contribution in [1.82, 2.24) is 20.0 Å². The molecule has 0 bridgehead atoms. The lowest BCUT2D eigenvalue weighted by molar-refractivity contribution is -0.148. The first-order valence-corrected chi connectivity index (χ1v) is 13.8. The normalized spacial score (nSPS) is 25.3. The molecule has 0 spiro atoms. The monoisotopic (exact) mass is 606 g/mol. The van der Waals surface area contributed by atoms with Gasteiger partial charge in [0.05, 0.1) is 16.2 Å². The molecule has 2 aromatic heterocycles. The Morgan fingerprint density at radius 2 is 1.93 bits per heavy atom. The Balaban J connectivity index is 1.60. The molecular weight excluding hydrogens is 579 g/mol. The van der Waals surface area contributed by atoms with Gasteiger partial charge in [0.15, 0.2) is 6.61 Å². The largest absolute Gasteiger partial charge is 0.485 e. The lowest BCUT2D eigenvalue weighted by atomic mass is 9.89. The Morgan fingerprint density at radius 1 is 1.22 bits per heavy atom. The first-order chi connectivity index (χ1) is 19.0. The fraction of sp³-hybridized carbons (Fsp3) is 0.458. The molecule has 4 rings (SSSR count). The second-order valence-corrected chi connectivity index (χ2v) is 13.2. The SMILES string of the molecule is CC1(C)C(NC(=O)O)=N[C@](C)(c2nc(NC(=O)c3ccc(OCC(F)(F)C(F)F)cn3)ccc2F)[C@H]2CCN[S@]21O. The van der Waals surface area contributed by atoms with Gasteiger partial charge in [-0.05, 0) is 51.5 Å². The molecule has 1 saturated heterocycles. The zero-order valence-electron chi connectivity index (χ0n) is 21.9. The molecule has 2 aromatic rings. The lowest BCUT2D eigenvalue weighted by Crippen LogP contribution is -2.59. The number of nitrogens with zero attached hydrogens (tertiary/aromatic N) is 3. The van der Waals surface area contributed by atoms with Gasteiger partial charge >= 0.3 is 18.4 Å². The van der Waals surface area contributed by atoms with Gasteiger partial charge in [-0.2, -0.15) is 8.78 Å². The van der Waals surface area contributed by atoms with Crippen LogP contribution in [0.25, 0.3) is 0 Å². The Hall–Kier alpha value is -3.57. The second kappa shape index (κ2) is 10.7. The van der Waals surface area contributed by atoms with E-state index in [0.717, 1.165) is 24.4 Å². The van der Waals surface area contributed by atoms with Crippen LogP contribution in [-0.4, -0.2) is 73.0 Å². The molecule has 2 amide bonds. The van der Waals surface area contributed by atoms with E-state index in [-0.39, 0.29) is 28.8 Å². The van der Waals surface area contributed by atoms with Gasteiger partial charge in [0, 0.05) is 6.54 Å². The van der Waals surface area contributed by atoms with Crippen molar-refractivity contribution in [2.45, 2.75) is 55.1 Å². The minimum absolute atomic E-state index is 0.0795. The van der Waals surface area contributed by atoms with Gasteiger partial charge in [0.2, 0.25) is 0 Å². The summed E-state index contributed by atoms with van der Waals surface area (Å²) in [7, 11) is -2.80. The van der Waals surface area contributed by atoms with E-state index >= 15 is 4.39 Å². The minimum atomic E-state index is -4.37. The van der Waals surface area contributed by atoms with E-state index in [0.29, 0.717) is 13.0 Å². The molecule has 0 aliphatic carbocycles. The van der Waals surface area contributed by atoms with Crippen LogP contribution in [0.4, 0.5) is 32.6 Å². The van der Waals surface area contributed by atoms with Crippen molar-refractivity contribution in [3.8, 4) is 5.75 Å². The molecule has 11 nitrogen and oxygen atoms in total. The molecule has 41 heavy (non-hydrogen) atoms. The molecule has 4 heterocycles. The topological polar surface area (TPSA) is 158 Å². The fourth-order valence-corrected chi connectivity index (χ4v) is 8.11. The number of alkyl halides is 4. The standard InChI is InChI=1S/C24H27F5N6O5S/c1-22(2)20(34-21(37)38)35-23(3,15-8-9-31-41(15,22)39)17-13(25)5-7-16(32-17)33-18(36)14-6-4-12(10-30-14)40-11-24(28,29)19(26)27/h4-7,10,15,19,31,39H,8-9,11H2,1-3H3,(H,34,35)(H,37,38)(H,32,33,36)/t15-,23+/m1/s1. The number of pyridine rings is 2. The molecule has 0 radical (unpaired) electrons. The Labute approximate surface area is 232 Å². The van der Waals surface area contributed by atoms with Gasteiger partial charge in [0.1, 0.15) is 40.1 Å². The second-order valence-electron chi connectivity index (χ2n) is 10.1. The van der Waals surface area contributed by atoms with Crippen molar-refractivity contribution < 1.29 is 45.9 Å². The number of carboxylic acid groups (broad SMARTS) is 1. The van der Waals surface area contributed by atoms with Crippen LogP contribution in [0.2, 0.25) is 0 Å². The van der Waals surface area contributed by atoms with Crippen LogP contribution < -0.4 is 20.1 Å². The number of amidine groups is 1. The highest BCUT2D eigenvalue weighted by atomic mass is 32.3. The summed E-state index contributed by atoms with van der Waals surface area (Å²) >= 11 is 0. The third-order valence-corrected chi connectivity index (χ3v) is 10.9. The maximum Gasteiger partial charge on any atom is 0.410 e. The molecule has 2 aliphatic heterocycles. The highest BCUT2D eigenvalue weighted by molar-refractivity contribution is 8.29. The van der Waals surface area contributed by atoms with E-state index in [1.807, 2.05) is 0 Å². The molecule has 0 aromatic carbocycles. The molecule has 2 aliphatic rings. The number of hydrogen-bond donors (Lipinski definition) is 5. The number of carbonyl (C=O) groups excluding carboxylic acids is 1. The fourth-order valence-electron chi connectivity index (χ4n) is 4.73. The van der Waals surface area contributed by atoms with E-state index in [9.17, 15) is 36.8 Å². The number of nitrogens with one attached hydrogen (secondary N) is 3. The summed E-state index contributed by atoms with van der Waals surface area (Å²) < 4.78 is 84.3. The average molecular weight is 607 g/mol. The maximum absolute atomic E-state index is 15.3. The van der Waals surface area contributed by atoms with Crippen molar-refractivity contribution in [1.29, 1.82) is 0 Å². The van der Waals surface area contributed by atoms with Crippen LogP contribution in [0, 0.1) is 5.82 Å². The van der Waals surface area contributed by atoms with E-state index in [2.05, 4.69) is 35.1 Å². The number of carbonyl (C=O) groups is 2. The summed E-state index contributed by atoms with van der Waals surface area (Å²) in [5.74, 6) is -6.48. The van der Waals surface area contributed by atoms with Crippen molar-refractivity contribution in [3.05, 3.63) is 47.7 Å². The van der Waals surface area contributed by atoms with E-state index in [1.165, 1.54) is 13.0 Å². The molecule has 5 N–H and O–H groups in total. The van der Waals surface area contributed by atoms with Crippen molar-refractivity contribution in [3.63, 3.8) is 0 Å². The minimum Gasteiger partial charge on any atom is -0.485 e. The number of fused-ring (bicyclic) bond motifs is 1. The van der Waals surface area contributed by atoms with E-state index in [1.54, 1.807) is 13.8 Å². The number of rotatable bonds is 7. The van der Waals surface area contributed by atoms with Crippen LogP contribution >= 0.6 is 10.5 Å². The molecule has 0 saturated carbocycles. The number of ether oxygens (including phenoxy) is 1. The zero-order valence-corrected chi connectivity index (χ0v) is 22.7. The first-order valence-electron chi connectivity index (χ1n) is 12.1. The summed E-state index contributed by atoms with van der Waals surface area (Å²) in [6.07, 6.45) is -4.05. The number of amides is 2. The molecule has 1 fully saturated rings. The Morgan fingerprint density at radius 3 is 2.54 bits per heavy atom. The zero-order chi connectivity index (χ0) is 30.4. The molecule has 3 atom stereocenters. The average Bonchev–Trinajstić information content (AvgIpc) is 3.32. The van der Waals surface area contributed by atoms with Gasteiger partial charge < -0.3 is 19.7 Å². The van der Waals surface area contributed by atoms with Crippen molar-refractivity contribution >= 4 is 34.1 Å². The quantitative estimate of drug-likeness (QED) is 0.291. The smallest absolute Gasteiger partial charge is 0.410 e. The highest BCUT2D eigenvalue weighted by Gasteiger charge is 2.62. The maximum atomic E-state index is 15.3. The molecule has 0 unspecified atom stereocenters. The van der Waals surface area contributed by atoms with Gasteiger partial charge in [-0.1, -0.05) is 10.5 Å². The summed E-state index contributed by atoms with van der Waals surface area (Å²) in [4.78, 5) is 36.9. The van der Waals surface area contributed by atoms with Gasteiger partial charge in [-0.25, -0.2) is 27.9 Å². The predicted octanol–water partition coefficient (Wildman–Crippen LogP) is 4.38. The summed E-state index contributed by atoms with van der Waals surface area (Å²) in [6.45, 7) is 3.58. The van der Waals surface area contributed by atoms with E-state index in [4.69, 9.17) is 0 Å². The predicted molar refractivity (Wildman–Crippen MR) is 139 cm³/mol. The number of halogens is 5. The summed E-state index contributed by atoms with van der Waals surface area (Å²) in [5, 5.41) is 13.4. The third-order valence-electron chi connectivity index (χ3n) is 6.97. The van der Waals surface area contributed by atoms with Crippen LogP contribution in [0.5, 0.6) is 5.75 Å². The van der Waals surface area contributed by atoms with Gasteiger partial charge in [0.25, 0.3) is 5.91 Å². The number of aromatic nitrogens is 2. The number of aliphatic imine (C=N–C) groups is 1. The Kier molecular flexibility index (Phi) is 7.92. The van der Waals surface area contributed by atoms with Crippen molar-refractivity contribution in [2.75, 3.05) is 18.5 Å². The molecular formula is C24H27F5N6O5S. The third kappa shape index (κ3) is 5.52. The number of hydrogen-bond acceptors (Lipinski definition) is 8. The molecule has 17 heteroatoms. The van der Waals surface area contributed by atoms with Crippen LogP contribution in [-0.2, 0) is 5.54 Å². The van der Waals surface area contributed by atoms with Crippen LogP contribution in [0.1, 0.15) is 43.4 Å². The van der Waals surface area contributed by atoms with Crippen LogP contribution in [0.15, 0.2) is 35.5 Å². The first kappa shape index (κ1) is 30.4. The van der Waals surface area contributed by atoms with Gasteiger partial charge in [-0.3, -0.25) is 19.8 Å². The summed E-state index contributed by atoms with van der Waals surface area (Å²) in [6, 6.07) is 4.39.